The van der Waals surface area contributed by atoms with Crippen molar-refractivity contribution in [3.63, 3.8) is 0 Å². The number of sulfone groups is 1. The van der Waals surface area contributed by atoms with Gasteiger partial charge in [-0.1, -0.05) is 42.8 Å². The lowest BCUT2D eigenvalue weighted by Crippen LogP contribution is -2.30. The van der Waals surface area contributed by atoms with Crippen molar-refractivity contribution in [2.24, 2.45) is 0 Å². The summed E-state index contributed by atoms with van der Waals surface area (Å²) in [5.74, 6) is -1.20. The highest BCUT2D eigenvalue weighted by Gasteiger charge is 2.39. The van der Waals surface area contributed by atoms with E-state index in [0.717, 1.165) is 12.8 Å². The quantitative estimate of drug-likeness (QED) is 0.311. The second-order valence-electron chi connectivity index (χ2n) is 9.14. The zero-order valence-electron chi connectivity index (χ0n) is 19.9. The number of hydrogen-bond acceptors (Lipinski definition) is 4. The highest BCUT2D eigenvalue weighted by molar-refractivity contribution is 7.91. The smallest absolute Gasteiger partial charge is 0.178 e. The van der Waals surface area contributed by atoms with Gasteiger partial charge in [0.05, 0.1) is 15.7 Å². The van der Waals surface area contributed by atoms with Crippen LogP contribution in [0.25, 0.3) is 0 Å². The lowest BCUT2D eigenvalue weighted by Gasteiger charge is -2.31. The molecule has 1 aliphatic rings. The van der Waals surface area contributed by atoms with Gasteiger partial charge in [0.25, 0.3) is 0 Å². The number of hydrogen-bond donors (Lipinski definition) is 0. The van der Waals surface area contributed by atoms with Gasteiger partial charge >= 0.3 is 0 Å². The van der Waals surface area contributed by atoms with Crippen LogP contribution in [0.15, 0.2) is 65.6 Å². The molecule has 3 aromatic carbocycles. The van der Waals surface area contributed by atoms with Gasteiger partial charge in [-0.05, 0) is 78.8 Å². The molecule has 0 amide bonds. The third kappa shape index (κ3) is 5.79. The highest BCUT2D eigenvalue weighted by atomic mass is 35.5. The van der Waals surface area contributed by atoms with Crippen molar-refractivity contribution in [1.29, 1.82) is 0 Å². The number of halogens is 3. The molecule has 3 aromatic rings. The van der Waals surface area contributed by atoms with Gasteiger partial charge in [-0.3, -0.25) is 4.79 Å². The Kier molecular flexibility index (Phi) is 7.81. The van der Waals surface area contributed by atoms with E-state index < -0.39 is 27.1 Å². The normalized spacial score (nSPS) is 15.1. The largest absolute Gasteiger partial charge is 0.480 e. The fraction of sp³-hybridized carbons (Fsp3) is 0.321. The van der Waals surface area contributed by atoms with Gasteiger partial charge in [0.15, 0.2) is 21.4 Å². The maximum absolute atomic E-state index is 15.0. The Labute approximate surface area is 215 Å². The van der Waals surface area contributed by atoms with Gasteiger partial charge in [-0.15, -0.1) is 0 Å². The predicted octanol–water partition coefficient (Wildman–Crippen LogP) is 6.61. The minimum atomic E-state index is -3.30. The molecule has 0 unspecified atom stereocenters. The van der Waals surface area contributed by atoms with E-state index in [1.807, 2.05) is 0 Å². The van der Waals surface area contributed by atoms with Crippen molar-refractivity contribution < 1.29 is 26.7 Å². The zero-order valence-corrected chi connectivity index (χ0v) is 21.5. The average Bonchev–Trinajstić information content (AvgIpc) is 3.32. The molecule has 0 aliphatic heterocycles. The summed E-state index contributed by atoms with van der Waals surface area (Å²) < 4.78 is 59.2. The predicted molar refractivity (Wildman–Crippen MR) is 135 cm³/mol. The van der Waals surface area contributed by atoms with Gasteiger partial charge in [0.1, 0.15) is 17.2 Å². The number of carbonyl (C=O) groups excluding carboxylic acids is 1. The average molecular weight is 533 g/mol. The Morgan fingerprint density at radius 2 is 1.56 bits per heavy atom. The SMILES string of the molecule is CCS(=O)(=O)c1ccc(CC(=O)Cc2ccc(OC3(c4ccc(Cl)c(F)c4)CCCC3)c(F)c2)cc1. The highest BCUT2D eigenvalue weighted by Crippen LogP contribution is 2.44. The molecular weight excluding hydrogens is 506 g/mol. The minimum Gasteiger partial charge on any atom is -0.480 e. The van der Waals surface area contributed by atoms with Crippen LogP contribution in [-0.4, -0.2) is 20.0 Å². The van der Waals surface area contributed by atoms with Crippen molar-refractivity contribution in [2.75, 3.05) is 5.75 Å². The molecule has 0 N–H and O–H groups in total. The summed E-state index contributed by atoms with van der Waals surface area (Å²) in [6, 6.07) is 15.2. The van der Waals surface area contributed by atoms with Gasteiger partial charge in [0, 0.05) is 12.8 Å². The topological polar surface area (TPSA) is 60.4 Å². The molecule has 0 radical (unpaired) electrons. The Morgan fingerprint density at radius 1 is 0.917 bits per heavy atom. The summed E-state index contributed by atoms with van der Waals surface area (Å²) in [5.41, 5.74) is 0.987. The second-order valence-corrected chi connectivity index (χ2v) is 11.8. The van der Waals surface area contributed by atoms with Crippen LogP contribution >= 0.6 is 11.6 Å². The first-order chi connectivity index (χ1) is 17.1. The van der Waals surface area contributed by atoms with E-state index in [0.29, 0.717) is 29.5 Å². The van der Waals surface area contributed by atoms with Gasteiger partial charge in [0.2, 0.25) is 0 Å². The third-order valence-corrected chi connectivity index (χ3v) is 8.68. The number of Topliss-reactive ketones (excluding diaryl/α,β-unsaturated/α-hetero) is 1. The van der Waals surface area contributed by atoms with Crippen LogP contribution in [-0.2, 0) is 33.1 Å². The fourth-order valence-corrected chi connectivity index (χ4v) is 5.62. The Hall–Kier alpha value is -2.77. The van der Waals surface area contributed by atoms with E-state index in [2.05, 4.69) is 0 Å². The molecule has 0 spiro atoms. The van der Waals surface area contributed by atoms with Gasteiger partial charge < -0.3 is 4.74 Å². The van der Waals surface area contributed by atoms with E-state index in [9.17, 15) is 17.6 Å². The molecule has 0 atom stereocenters. The minimum absolute atomic E-state index is 0.00819. The van der Waals surface area contributed by atoms with E-state index >= 15 is 4.39 Å². The number of benzene rings is 3. The standard InChI is InChI=1S/C28H27ClF2O4S/c1-2-36(33,34)23-9-5-19(6-10-23)15-22(32)16-20-7-12-27(26(31)17-20)35-28(13-3-4-14-28)21-8-11-24(29)25(30)18-21/h5-12,17-18H,2-4,13-16H2,1H3. The number of carbonyl (C=O) groups is 1. The monoisotopic (exact) mass is 532 g/mol. The van der Waals surface area contributed by atoms with Crippen LogP contribution in [0.1, 0.15) is 49.3 Å². The maximum Gasteiger partial charge on any atom is 0.178 e. The Bertz CT molecular complexity index is 1360. The second kappa shape index (κ2) is 10.7. The van der Waals surface area contributed by atoms with Crippen LogP contribution in [0, 0.1) is 11.6 Å². The van der Waals surface area contributed by atoms with Crippen molar-refractivity contribution in [3.05, 3.63) is 94.0 Å². The van der Waals surface area contributed by atoms with Crippen LogP contribution in [0.2, 0.25) is 5.02 Å². The molecule has 36 heavy (non-hydrogen) atoms. The lowest BCUT2D eigenvalue weighted by molar-refractivity contribution is -0.117. The molecule has 0 aromatic heterocycles. The molecular formula is C28H27ClF2O4S. The van der Waals surface area contributed by atoms with Gasteiger partial charge in [-0.25, -0.2) is 17.2 Å². The molecule has 4 rings (SSSR count). The molecule has 0 heterocycles. The fourth-order valence-electron chi connectivity index (χ4n) is 4.62. The maximum atomic E-state index is 15.0. The first-order valence-electron chi connectivity index (χ1n) is 11.9. The molecule has 1 saturated carbocycles. The van der Waals surface area contributed by atoms with Crippen molar-refractivity contribution in [2.45, 2.75) is 55.9 Å². The van der Waals surface area contributed by atoms with Crippen molar-refractivity contribution >= 4 is 27.2 Å². The van der Waals surface area contributed by atoms with Crippen LogP contribution in [0.4, 0.5) is 8.78 Å². The molecule has 1 aliphatic carbocycles. The summed E-state index contributed by atoms with van der Waals surface area (Å²) in [4.78, 5) is 12.8. The first-order valence-corrected chi connectivity index (χ1v) is 13.9. The van der Waals surface area contributed by atoms with E-state index in [1.54, 1.807) is 31.2 Å². The van der Waals surface area contributed by atoms with Crippen LogP contribution < -0.4 is 4.74 Å². The molecule has 4 nitrogen and oxygen atoms in total. The molecule has 8 heteroatoms. The summed E-state index contributed by atoms with van der Waals surface area (Å²) in [6.45, 7) is 1.58. The van der Waals surface area contributed by atoms with Crippen molar-refractivity contribution in [1.82, 2.24) is 0 Å². The third-order valence-electron chi connectivity index (χ3n) is 6.62. The summed E-state index contributed by atoms with van der Waals surface area (Å²) in [7, 11) is -3.30. The molecule has 190 valence electrons. The van der Waals surface area contributed by atoms with Crippen molar-refractivity contribution in [3.8, 4) is 5.75 Å². The zero-order chi connectivity index (χ0) is 25.9. The summed E-state index contributed by atoms with van der Waals surface area (Å²) >= 11 is 5.83. The Balaban J connectivity index is 1.45. The number of ether oxygens (including phenoxy) is 1. The summed E-state index contributed by atoms with van der Waals surface area (Å²) in [5, 5.41) is 0.0223. The molecule has 0 bridgehead atoms. The molecule has 1 fully saturated rings. The number of ketones is 1. The Morgan fingerprint density at radius 3 is 2.17 bits per heavy atom. The summed E-state index contributed by atoms with van der Waals surface area (Å²) in [6.07, 6.45) is 3.16. The first kappa shape index (κ1) is 26.3. The van der Waals surface area contributed by atoms with E-state index in [1.165, 1.54) is 36.4 Å². The van der Waals surface area contributed by atoms with E-state index in [4.69, 9.17) is 16.3 Å². The van der Waals surface area contributed by atoms with Crippen LogP contribution in [0.5, 0.6) is 5.75 Å². The van der Waals surface area contributed by atoms with Crippen LogP contribution in [0.3, 0.4) is 0 Å². The number of rotatable bonds is 9. The lowest BCUT2D eigenvalue weighted by atomic mass is 9.91. The van der Waals surface area contributed by atoms with Gasteiger partial charge in [-0.2, -0.15) is 0 Å². The van der Waals surface area contributed by atoms with E-state index in [-0.39, 0.29) is 40.0 Å². The molecule has 0 saturated heterocycles.